The third-order valence-corrected chi connectivity index (χ3v) is 2.70. The number of nitrogens with zero attached hydrogens (tertiary/aromatic N) is 3. The van der Waals surface area contributed by atoms with Gasteiger partial charge in [-0.05, 0) is 19.8 Å². The summed E-state index contributed by atoms with van der Waals surface area (Å²) in [5.41, 5.74) is 3.02. The van der Waals surface area contributed by atoms with Crippen LogP contribution in [-0.2, 0) is 0 Å². The summed E-state index contributed by atoms with van der Waals surface area (Å²) in [5.74, 6) is 0.281. The number of hydrogen-bond acceptors (Lipinski definition) is 5. The Bertz CT molecular complexity index is 365. The van der Waals surface area contributed by atoms with Crippen LogP contribution in [0.3, 0.4) is 0 Å². The maximum absolute atomic E-state index is 13.5. The number of halogens is 1. The number of piperidine rings is 1. The van der Waals surface area contributed by atoms with E-state index in [-0.39, 0.29) is 5.82 Å². The van der Waals surface area contributed by atoms with Gasteiger partial charge in [0.05, 0.1) is 6.20 Å². The summed E-state index contributed by atoms with van der Waals surface area (Å²) in [5, 5.41) is 4.97. The van der Waals surface area contributed by atoms with Gasteiger partial charge in [-0.2, -0.15) is 4.98 Å². The maximum atomic E-state index is 13.5. The standard InChI is InChI=1S/C11H18FN5/c1-2-13-11-14-8-9(12)10(15-11)16-17-6-4-3-5-7-17/h8H,2-7H2,1H3,(H2,13,14,15,16). The van der Waals surface area contributed by atoms with Gasteiger partial charge < -0.3 is 10.7 Å². The SMILES string of the molecule is CCNc1ncc(F)c(NN2CCCCC2)n1. The largest absolute Gasteiger partial charge is 0.354 e. The van der Waals surface area contributed by atoms with Crippen molar-refractivity contribution in [3.05, 3.63) is 12.0 Å². The van der Waals surface area contributed by atoms with Crippen LogP contribution in [0.15, 0.2) is 6.20 Å². The molecule has 1 aliphatic heterocycles. The Labute approximate surface area is 100 Å². The van der Waals surface area contributed by atoms with Crippen molar-refractivity contribution >= 4 is 11.8 Å². The predicted octanol–water partition coefficient (Wildman–Crippen LogP) is 1.86. The van der Waals surface area contributed by atoms with Gasteiger partial charge in [-0.15, -0.1) is 0 Å². The van der Waals surface area contributed by atoms with Gasteiger partial charge in [-0.25, -0.2) is 14.4 Å². The van der Waals surface area contributed by atoms with Crippen molar-refractivity contribution in [3.8, 4) is 0 Å². The number of anilines is 2. The highest BCUT2D eigenvalue weighted by Gasteiger charge is 2.13. The molecule has 0 radical (unpaired) electrons. The Morgan fingerprint density at radius 3 is 2.82 bits per heavy atom. The molecule has 1 aromatic heterocycles. The van der Waals surface area contributed by atoms with E-state index in [1.165, 1.54) is 12.6 Å². The Morgan fingerprint density at radius 2 is 2.12 bits per heavy atom. The molecule has 2 rings (SSSR count). The maximum Gasteiger partial charge on any atom is 0.224 e. The first-order valence-corrected chi connectivity index (χ1v) is 6.07. The molecule has 0 aromatic carbocycles. The molecule has 6 heteroatoms. The van der Waals surface area contributed by atoms with Crippen molar-refractivity contribution in [1.29, 1.82) is 0 Å². The second kappa shape index (κ2) is 5.77. The topological polar surface area (TPSA) is 53.1 Å². The molecular formula is C11H18FN5. The fraction of sp³-hybridized carbons (Fsp3) is 0.636. The lowest BCUT2D eigenvalue weighted by Gasteiger charge is -2.27. The van der Waals surface area contributed by atoms with Crippen LogP contribution in [0, 0.1) is 5.82 Å². The molecule has 1 aliphatic rings. The molecule has 0 atom stereocenters. The van der Waals surface area contributed by atoms with E-state index in [0.29, 0.717) is 5.95 Å². The number of aromatic nitrogens is 2. The molecule has 94 valence electrons. The molecule has 2 N–H and O–H groups in total. The lowest BCUT2D eigenvalue weighted by atomic mass is 10.2. The van der Waals surface area contributed by atoms with Crippen LogP contribution in [-0.4, -0.2) is 34.6 Å². The number of hydrogen-bond donors (Lipinski definition) is 2. The second-order valence-corrected chi connectivity index (χ2v) is 4.08. The van der Waals surface area contributed by atoms with E-state index in [1.54, 1.807) is 0 Å². The summed E-state index contributed by atoms with van der Waals surface area (Å²) in [6.45, 7) is 4.53. The first-order chi connectivity index (χ1) is 8.29. The lowest BCUT2D eigenvalue weighted by molar-refractivity contribution is 0.270. The summed E-state index contributed by atoms with van der Waals surface area (Å²) in [6, 6.07) is 0. The zero-order valence-electron chi connectivity index (χ0n) is 10.0. The van der Waals surface area contributed by atoms with E-state index in [4.69, 9.17) is 0 Å². The van der Waals surface area contributed by atoms with Gasteiger partial charge >= 0.3 is 0 Å². The Hall–Kier alpha value is -1.43. The molecule has 0 bridgehead atoms. The van der Waals surface area contributed by atoms with E-state index < -0.39 is 5.82 Å². The van der Waals surface area contributed by atoms with Crippen LogP contribution in [0.5, 0.6) is 0 Å². The zero-order chi connectivity index (χ0) is 12.1. The summed E-state index contributed by atoms with van der Waals surface area (Å²) in [7, 11) is 0. The number of hydrazine groups is 1. The van der Waals surface area contributed by atoms with Gasteiger partial charge in [0.25, 0.3) is 0 Å². The van der Waals surface area contributed by atoms with Crippen LogP contribution in [0.2, 0.25) is 0 Å². The first-order valence-electron chi connectivity index (χ1n) is 6.07. The van der Waals surface area contributed by atoms with Crippen molar-refractivity contribution in [2.45, 2.75) is 26.2 Å². The average Bonchev–Trinajstić information content (AvgIpc) is 2.35. The van der Waals surface area contributed by atoms with E-state index in [1.807, 2.05) is 11.9 Å². The van der Waals surface area contributed by atoms with Crippen molar-refractivity contribution in [2.75, 3.05) is 30.4 Å². The molecule has 0 unspecified atom stereocenters. The lowest BCUT2D eigenvalue weighted by Crippen LogP contribution is -2.35. The fourth-order valence-electron chi connectivity index (χ4n) is 1.84. The molecule has 0 saturated carbocycles. The van der Waals surface area contributed by atoms with Crippen molar-refractivity contribution in [2.24, 2.45) is 0 Å². The van der Waals surface area contributed by atoms with Gasteiger partial charge in [0.15, 0.2) is 11.6 Å². The normalized spacial score (nSPS) is 16.8. The number of nitrogens with one attached hydrogen (secondary N) is 2. The molecule has 1 aromatic rings. The minimum Gasteiger partial charge on any atom is -0.354 e. The minimum absolute atomic E-state index is 0.248. The second-order valence-electron chi connectivity index (χ2n) is 4.08. The summed E-state index contributed by atoms with van der Waals surface area (Å²) < 4.78 is 13.5. The molecular weight excluding hydrogens is 221 g/mol. The molecule has 17 heavy (non-hydrogen) atoms. The summed E-state index contributed by atoms with van der Waals surface area (Å²) >= 11 is 0. The molecule has 1 saturated heterocycles. The van der Waals surface area contributed by atoms with Crippen molar-refractivity contribution in [1.82, 2.24) is 15.0 Å². The Morgan fingerprint density at radius 1 is 1.35 bits per heavy atom. The van der Waals surface area contributed by atoms with Gasteiger partial charge in [-0.3, -0.25) is 0 Å². The van der Waals surface area contributed by atoms with Gasteiger partial charge in [-0.1, -0.05) is 6.42 Å². The highest BCUT2D eigenvalue weighted by Crippen LogP contribution is 2.15. The van der Waals surface area contributed by atoms with E-state index in [0.717, 1.165) is 32.5 Å². The number of rotatable bonds is 4. The van der Waals surface area contributed by atoms with Crippen LogP contribution in [0.25, 0.3) is 0 Å². The Kier molecular flexibility index (Phi) is 4.08. The van der Waals surface area contributed by atoms with Gasteiger partial charge in [0.1, 0.15) is 0 Å². The molecule has 1 fully saturated rings. The van der Waals surface area contributed by atoms with Gasteiger partial charge in [0.2, 0.25) is 5.95 Å². The third kappa shape index (κ3) is 3.26. The average molecular weight is 239 g/mol. The van der Waals surface area contributed by atoms with Crippen LogP contribution in [0.1, 0.15) is 26.2 Å². The van der Waals surface area contributed by atoms with Crippen LogP contribution >= 0.6 is 0 Å². The van der Waals surface area contributed by atoms with E-state index in [9.17, 15) is 4.39 Å². The molecule has 5 nitrogen and oxygen atoms in total. The molecule has 0 amide bonds. The smallest absolute Gasteiger partial charge is 0.224 e. The van der Waals surface area contributed by atoms with E-state index in [2.05, 4.69) is 20.7 Å². The van der Waals surface area contributed by atoms with Crippen molar-refractivity contribution < 1.29 is 4.39 Å². The minimum atomic E-state index is -0.419. The molecule has 0 aliphatic carbocycles. The molecule has 0 spiro atoms. The highest BCUT2D eigenvalue weighted by molar-refractivity contribution is 5.40. The monoisotopic (exact) mass is 239 g/mol. The fourth-order valence-corrected chi connectivity index (χ4v) is 1.84. The zero-order valence-corrected chi connectivity index (χ0v) is 10.0. The van der Waals surface area contributed by atoms with Crippen LogP contribution < -0.4 is 10.7 Å². The van der Waals surface area contributed by atoms with Crippen LogP contribution in [0.4, 0.5) is 16.2 Å². The van der Waals surface area contributed by atoms with Gasteiger partial charge in [0, 0.05) is 19.6 Å². The first kappa shape index (κ1) is 12.0. The Balaban J connectivity index is 2.04. The predicted molar refractivity (Wildman–Crippen MR) is 65.2 cm³/mol. The quantitative estimate of drug-likeness (QED) is 0.840. The summed E-state index contributed by atoms with van der Waals surface area (Å²) in [6.07, 6.45) is 4.71. The highest BCUT2D eigenvalue weighted by atomic mass is 19.1. The third-order valence-electron chi connectivity index (χ3n) is 2.70. The van der Waals surface area contributed by atoms with E-state index >= 15 is 0 Å². The molecule has 2 heterocycles. The van der Waals surface area contributed by atoms with Crippen molar-refractivity contribution in [3.63, 3.8) is 0 Å². The summed E-state index contributed by atoms with van der Waals surface area (Å²) in [4.78, 5) is 7.97.